The predicted molar refractivity (Wildman–Crippen MR) is 88.3 cm³/mol. The molecular formula is C16H27N5O. The van der Waals surface area contributed by atoms with Crippen LogP contribution >= 0.6 is 0 Å². The second-order valence-electron chi connectivity index (χ2n) is 6.65. The zero-order chi connectivity index (χ0) is 15.5. The molecular weight excluding hydrogens is 278 g/mol. The molecule has 2 fully saturated rings. The normalized spacial score (nSPS) is 25.4. The lowest BCUT2D eigenvalue weighted by molar-refractivity contribution is 0.111. The summed E-state index contributed by atoms with van der Waals surface area (Å²) < 4.78 is 5.48. The standard InChI is InChI=1S/C16H27N5O/c1-20-10-14(22-3)6-13(20)9-21(2)16-7-15(18-11-19-16)17-8-12-4-5-12/h7,11-14H,4-6,8-10H2,1-3H3,(H,17,18,19)/t13-,14-/m0/s1. The van der Waals surface area contributed by atoms with Gasteiger partial charge >= 0.3 is 0 Å². The van der Waals surface area contributed by atoms with Gasteiger partial charge in [0.15, 0.2) is 0 Å². The van der Waals surface area contributed by atoms with Crippen molar-refractivity contribution in [2.24, 2.45) is 5.92 Å². The average molecular weight is 305 g/mol. The molecule has 0 spiro atoms. The van der Waals surface area contributed by atoms with Crippen molar-refractivity contribution >= 4 is 11.6 Å². The summed E-state index contributed by atoms with van der Waals surface area (Å²) in [6, 6.07) is 2.55. The molecule has 1 aliphatic carbocycles. The maximum atomic E-state index is 5.48. The van der Waals surface area contributed by atoms with Gasteiger partial charge in [0.1, 0.15) is 18.0 Å². The van der Waals surface area contributed by atoms with Crippen molar-refractivity contribution < 1.29 is 4.74 Å². The molecule has 1 aliphatic heterocycles. The largest absolute Gasteiger partial charge is 0.380 e. The molecule has 6 nitrogen and oxygen atoms in total. The molecule has 2 aliphatic rings. The molecule has 1 aromatic heterocycles. The number of ether oxygens (including phenoxy) is 1. The van der Waals surface area contributed by atoms with Crippen LogP contribution in [0.4, 0.5) is 11.6 Å². The fraction of sp³-hybridized carbons (Fsp3) is 0.750. The van der Waals surface area contributed by atoms with Gasteiger partial charge in [0.05, 0.1) is 6.10 Å². The molecule has 22 heavy (non-hydrogen) atoms. The van der Waals surface area contributed by atoms with Crippen LogP contribution in [0.1, 0.15) is 19.3 Å². The van der Waals surface area contributed by atoms with Crippen molar-refractivity contribution in [1.29, 1.82) is 0 Å². The Bertz CT molecular complexity index is 493. The van der Waals surface area contributed by atoms with E-state index in [-0.39, 0.29) is 0 Å². The SMILES string of the molecule is CO[C@H]1C[C@@H](CN(C)c2cc(NCC3CC3)ncn2)N(C)C1. The third kappa shape index (κ3) is 3.87. The highest BCUT2D eigenvalue weighted by Crippen LogP contribution is 2.29. The van der Waals surface area contributed by atoms with Crippen LogP contribution in [0.25, 0.3) is 0 Å². The van der Waals surface area contributed by atoms with Crippen molar-refractivity contribution in [3.8, 4) is 0 Å². The number of hydrogen-bond donors (Lipinski definition) is 1. The monoisotopic (exact) mass is 305 g/mol. The van der Waals surface area contributed by atoms with Gasteiger partial charge in [0.2, 0.25) is 0 Å². The van der Waals surface area contributed by atoms with Crippen LogP contribution in [0, 0.1) is 5.92 Å². The molecule has 1 saturated carbocycles. The summed E-state index contributed by atoms with van der Waals surface area (Å²) in [5.41, 5.74) is 0. The zero-order valence-electron chi connectivity index (χ0n) is 13.8. The highest BCUT2D eigenvalue weighted by molar-refractivity contribution is 5.48. The maximum Gasteiger partial charge on any atom is 0.133 e. The summed E-state index contributed by atoms with van der Waals surface area (Å²) >= 11 is 0. The third-order valence-electron chi connectivity index (χ3n) is 4.78. The lowest BCUT2D eigenvalue weighted by Crippen LogP contribution is -2.37. The van der Waals surface area contributed by atoms with Crippen LogP contribution in [-0.4, -0.2) is 67.9 Å². The summed E-state index contributed by atoms with van der Waals surface area (Å²) in [4.78, 5) is 13.3. The van der Waals surface area contributed by atoms with Gasteiger partial charge in [-0.3, -0.25) is 4.90 Å². The van der Waals surface area contributed by atoms with Crippen molar-refractivity contribution in [3.63, 3.8) is 0 Å². The number of hydrogen-bond acceptors (Lipinski definition) is 6. The summed E-state index contributed by atoms with van der Waals surface area (Å²) in [7, 11) is 6.06. The van der Waals surface area contributed by atoms with E-state index in [4.69, 9.17) is 4.74 Å². The van der Waals surface area contributed by atoms with E-state index in [0.29, 0.717) is 12.1 Å². The van der Waals surface area contributed by atoms with Gasteiger partial charge in [-0.1, -0.05) is 0 Å². The third-order valence-corrected chi connectivity index (χ3v) is 4.78. The number of anilines is 2. The molecule has 2 heterocycles. The number of rotatable bonds is 7. The fourth-order valence-electron chi connectivity index (χ4n) is 3.05. The van der Waals surface area contributed by atoms with Crippen LogP contribution in [0.2, 0.25) is 0 Å². The lowest BCUT2D eigenvalue weighted by atomic mass is 10.2. The van der Waals surface area contributed by atoms with Gasteiger partial charge in [0.25, 0.3) is 0 Å². The number of methoxy groups -OCH3 is 1. The number of aromatic nitrogens is 2. The molecule has 6 heteroatoms. The van der Waals surface area contributed by atoms with Gasteiger partial charge in [-0.25, -0.2) is 9.97 Å². The molecule has 1 saturated heterocycles. The molecule has 1 N–H and O–H groups in total. The predicted octanol–water partition coefficient (Wildman–Crippen LogP) is 1.45. The second kappa shape index (κ2) is 6.79. The first-order valence-electron chi connectivity index (χ1n) is 8.15. The second-order valence-corrected chi connectivity index (χ2v) is 6.65. The summed E-state index contributed by atoms with van der Waals surface area (Å²) in [5, 5.41) is 3.41. The molecule has 0 amide bonds. The highest BCUT2D eigenvalue weighted by atomic mass is 16.5. The van der Waals surface area contributed by atoms with E-state index < -0.39 is 0 Å². The first-order chi connectivity index (χ1) is 10.7. The van der Waals surface area contributed by atoms with E-state index in [0.717, 1.165) is 43.6 Å². The van der Waals surface area contributed by atoms with Crippen LogP contribution < -0.4 is 10.2 Å². The van der Waals surface area contributed by atoms with E-state index in [1.54, 1.807) is 13.4 Å². The average Bonchev–Trinajstić information content (AvgIpc) is 3.29. The van der Waals surface area contributed by atoms with E-state index in [9.17, 15) is 0 Å². The summed E-state index contributed by atoms with van der Waals surface area (Å²) in [6.07, 6.45) is 5.77. The first kappa shape index (κ1) is 15.5. The molecule has 0 bridgehead atoms. The molecule has 0 radical (unpaired) electrons. The Morgan fingerprint density at radius 1 is 1.41 bits per heavy atom. The number of likely N-dealkylation sites (N-methyl/N-ethyl adjacent to an activating group) is 2. The smallest absolute Gasteiger partial charge is 0.133 e. The molecule has 122 valence electrons. The van der Waals surface area contributed by atoms with E-state index >= 15 is 0 Å². The lowest BCUT2D eigenvalue weighted by Gasteiger charge is -2.26. The van der Waals surface area contributed by atoms with E-state index in [2.05, 4.69) is 39.2 Å². The van der Waals surface area contributed by atoms with E-state index in [1.807, 2.05) is 6.07 Å². The van der Waals surface area contributed by atoms with Crippen molar-refractivity contribution in [1.82, 2.24) is 14.9 Å². The van der Waals surface area contributed by atoms with Crippen LogP contribution in [0.5, 0.6) is 0 Å². The topological polar surface area (TPSA) is 53.5 Å². The van der Waals surface area contributed by atoms with Crippen molar-refractivity contribution in [2.75, 3.05) is 51.1 Å². The summed E-state index contributed by atoms with van der Waals surface area (Å²) in [5.74, 6) is 2.75. The Morgan fingerprint density at radius 3 is 2.91 bits per heavy atom. The minimum absolute atomic E-state index is 0.351. The Hall–Kier alpha value is -1.40. The fourth-order valence-corrected chi connectivity index (χ4v) is 3.05. The quantitative estimate of drug-likeness (QED) is 0.823. The first-order valence-corrected chi connectivity index (χ1v) is 8.15. The molecule has 0 aromatic carbocycles. The minimum atomic E-state index is 0.351. The minimum Gasteiger partial charge on any atom is -0.380 e. The Balaban J connectivity index is 1.56. The Kier molecular flexibility index (Phi) is 4.78. The van der Waals surface area contributed by atoms with Gasteiger partial charge < -0.3 is 15.0 Å². The van der Waals surface area contributed by atoms with E-state index in [1.165, 1.54) is 12.8 Å². The van der Waals surface area contributed by atoms with Gasteiger partial charge in [0, 0.05) is 45.9 Å². The Morgan fingerprint density at radius 2 is 2.23 bits per heavy atom. The van der Waals surface area contributed by atoms with Gasteiger partial charge in [-0.15, -0.1) is 0 Å². The number of nitrogens with one attached hydrogen (secondary N) is 1. The number of nitrogens with zero attached hydrogens (tertiary/aromatic N) is 4. The Labute approximate surface area is 132 Å². The molecule has 1 aromatic rings. The molecule has 3 rings (SSSR count). The van der Waals surface area contributed by atoms with Gasteiger partial charge in [-0.05, 0) is 32.2 Å². The van der Waals surface area contributed by atoms with Crippen LogP contribution in [0.15, 0.2) is 12.4 Å². The highest BCUT2D eigenvalue weighted by Gasteiger charge is 2.30. The molecule has 0 unspecified atom stereocenters. The van der Waals surface area contributed by atoms with Crippen molar-refractivity contribution in [2.45, 2.75) is 31.4 Å². The summed E-state index contributed by atoms with van der Waals surface area (Å²) in [6.45, 7) is 2.99. The molecule has 2 atom stereocenters. The van der Waals surface area contributed by atoms with Crippen molar-refractivity contribution in [3.05, 3.63) is 12.4 Å². The van der Waals surface area contributed by atoms with Crippen LogP contribution in [-0.2, 0) is 4.74 Å². The maximum absolute atomic E-state index is 5.48. The van der Waals surface area contributed by atoms with Gasteiger partial charge in [-0.2, -0.15) is 0 Å². The number of likely N-dealkylation sites (tertiary alicyclic amines) is 1. The zero-order valence-corrected chi connectivity index (χ0v) is 13.8. The van der Waals surface area contributed by atoms with Crippen LogP contribution in [0.3, 0.4) is 0 Å².